The van der Waals surface area contributed by atoms with Crippen molar-refractivity contribution in [3.63, 3.8) is 0 Å². The Morgan fingerprint density at radius 1 is 1.10 bits per heavy atom. The van der Waals surface area contributed by atoms with Crippen molar-refractivity contribution in [3.8, 4) is 5.75 Å². The molecule has 4 aliphatic rings. The van der Waals surface area contributed by atoms with E-state index in [1.165, 1.54) is 0 Å². The van der Waals surface area contributed by atoms with Crippen LogP contribution in [0.25, 0.3) is 0 Å². The number of anilines is 1. The third-order valence-corrected chi connectivity index (χ3v) is 9.18. The Balaban J connectivity index is 1.53. The number of aliphatic carboxylic acids is 1. The fourth-order valence-corrected chi connectivity index (χ4v) is 6.34. The number of allylic oxidation sites excluding steroid dienone is 4. The molecule has 3 atom stereocenters. The average Bonchev–Trinajstić information content (AvgIpc) is 3.76. The number of carboxylic acid groups (broad SMARTS) is 1. The van der Waals surface area contributed by atoms with Crippen molar-refractivity contribution in [2.24, 2.45) is 11.3 Å². The van der Waals surface area contributed by atoms with Crippen LogP contribution < -0.4 is 9.64 Å². The fraction of sp³-hybridized carbons (Fsp3) is 0.562. The summed E-state index contributed by atoms with van der Waals surface area (Å²) in [7, 11) is 0. The molecule has 1 aromatic rings. The first-order valence-corrected chi connectivity index (χ1v) is 15.1. The zero-order valence-corrected chi connectivity index (χ0v) is 24.1. The summed E-state index contributed by atoms with van der Waals surface area (Å²) in [6.07, 6.45) is 17.5. The van der Waals surface area contributed by atoms with Gasteiger partial charge in [0.2, 0.25) is 5.91 Å². The van der Waals surface area contributed by atoms with Crippen LogP contribution in [0.4, 0.5) is 5.69 Å². The molecule has 2 N–H and O–H groups in total. The number of hydrogen-bond acceptors (Lipinski definition) is 5. The highest BCUT2D eigenvalue weighted by Gasteiger charge is 2.44. The van der Waals surface area contributed by atoms with Crippen LogP contribution in [-0.2, 0) is 15.2 Å². The third-order valence-electron chi connectivity index (χ3n) is 8.93. The van der Waals surface area contributed by atoms with Crippen molar-refractivity contribution in [1.29, 1.82) is 0 Å². The van der Waals surface area contributed by atoms with Crippen LogP contribution in [0.3, 0.4) is 0 Å². The largest absolute Gasteiger partial charge is 0.490 e. The van der Waals surface area contributed by atoms with Gasteiger partial charge in [-0.05, 0) is 74.6 Å². The number of aliphatic hydroxyl groups is 1. The lowest BCUT2D eigenvalue weighted by Crippen LogP contribution is -2.43. The summed E-state index contributed by atoms with van der Waals surface area (Å²) in [4.78, 5) is 29.9. The highest BCUT2D eigenvalue weighted by atomic mass is 35.5. The van der Waals surface area contributed by atoms with Gasteiger partial charge in [-0.2, -0.15) is 0 Å². The summed E-state index contributed by atoms with van der Waals surface area (Å²) >= 11 is 6.37. The lowest BCUT2D eigenvalue weighted by Gasteiger charge is -2.36. The molecule has 0 aromatic heterocycles. The van der Waals surface area contributed by atoms with E-state index in [0.29, 0.717) is 18.9 Å². The Bertz CT molecular complexity index is 1210. The first-order chi connectivity index (χ1) is 19.2. The number of ether oxygens (including phenoxy) is 1. The molecule has 5 rings (SSSR count). The number of hydrogen-bond donors (Lipinski definition) is 2. The molecular weight excluding hydrogens is 528 g/mol. The Morgan fingerprint density at radius 3 is 2.62 bits per heavy atom. The SMILES string of the molecule is CC12C=CC(Cl)=CC1CCCCN1CCCC/C=C/CN(C3CC3)C(=O)C[C@@](O)(C(=O)O)c3ccc(c1c3)OC2. The summed E-state index contributed by atoms with van der Waals surface area (Å²) in [6, 6.07) is 5.22. The maximum absolute atomic E-state index is 13.4. The van der Waals surface area contributed by atoms with E-state index in [1.54, 1.807) is 23.1 Å². The molecule has 1 fully saturated rings. The Labute approximate surface area is 242 Å². The van der Waals surface area contributed by atoms with E-state index in [1.807, 2.05) is 12.2 Å². The van der Waals surface area contributed by atoms with Gasteiger partial charge in [0.25, 0.3) is 0 Å². The third kappa shape index (κ3) is 6.26. The number of amides is 1. The van der Waals surface area contributed by atoms with Gasteiger partial charge in [-0.15, -0.1) is 0 Å². The predicted molar refractivity (Wildman–Crippen MR) is 157 cm³/mol. The molecule has 1 saturated carbocycles. The van der Waals surface area contributed by atoms with Gasteiger partial charge >= 0.3 is 5.97 Å². The summed E-state index contributed by atoms with van der Waals surface area (Å²) in [5.74, 6) is -0.852. The molecule has 1 aromatic carbocycles. The minimum Gasteiger partial charge on any atom is -0.490 e. The molecule has 2 heterocycles. The number of rotatable bonds is 2. The van der Waals surface area contributed by atoms with E-state index < -0.39 is 18.0 Å². The van der Waals surface area contributed by atoms with E-state index in [4.69, 9.17) is 16.3 Å². The average molecular weight is 569 g/mol. The van der Waals surface area contributed by atoms with Gasteiger partial charge in [-0.25, -0.2) is 4.79 Å². The summed E-state index contributed by atoms with van der Waals surface area (Å²) in [5, 5.41) is 22.6. The van der Waals surface area contributed by atoms with Crippen molar-refractivity contribution in [2.75, 3.05) is 31.1 Å². The lowest BCUT2D eigenvalue weighted by atomic mass is 9.72. The minimum atomic E-state index is -2.34. The van der Waals surface area contributed by atoms with Crippen LogP contribution in [0.2, 0.25) is 0 Å². The molecule has 7 nitrogen and oxygen atoms in total. The molecule has 1 amide bonds. The number of carboxylic acids is 1. The van der Waals surface area contributed by atoms with Crippen molar-refractivity contribution >= 4 is 29.2 Å². The quantitative estimate of drug-likeness (QED) is 0.441. The highest BCUT2D eigenvalue weighted by Crippen LogP contribution is 2.43. The number of fused-ring (bicyclic) bond motifs is 2. The summed E-state index contributed by atoms with van der Waals surface area (Å²) < 4.78 is 6.50. The molecule has 2 unspecified atom stereocenters. The number of benzene rings is 1. The van der Waals surface area contributed by atoms with Crippen LogP contribution in [0.15, 0.2) is 53.6 Å². The van der Waals surface area contributed by atoms with Gasteiger partial charge in [-0.1, -0.05) is 55.3 Å². The molecule has 0 saturated heterocycles. The molecule has 8 heteroatoms. The predicted octanol–water partition coefficient (Wildman–Crippen LogP) is 5.76. The van der Waals surface area contributed by atoms with Crippen LogP contribution in [0.1, 0.15) is 70.3 Å². The Morgan fingerprint density at radius 2 is 1.88 bits per heavy atom. The maximum atomic E-state index is 13.4. The number of carbonyl (C=O) groups is 2. The van der Waals surface area contributed by atoms with Gasteiger partial charge < -0.3 is 24.7 Å². The molecular formula is C32H41ClN2O5. The molecule has 0 radical (unpaired) electrons. The Hall–Kier alpha value is -2.77. The van der Waals surface area contributed by atoms with Crippen molar-refractivity contribution < 1.29 is 24.5 Å². The second kappa shape index (κ2) is 12.0. The van der Waals surface area contributed by atoms with E-state index in [2.05, 4.69) is 30.1 Å². The van der Waals surface area contributed by atoms with E-state index in [-0.39, 0.29) is 28.8 Å². The van der Waals surface area contributed by atoms with Crippen LogP contribution in [0, 0.1) is 11.3 Å². The van der Waals surface area contributed by atoms with Gasteiger partial charge in [0, 0.05) is 36.1 Å². The maximum Gasteiger partial charge on any atom is 0.340 e. The zero-order chi connectivity index (χ0) is 28.3. The van der Waals surface area contributed by atoms with Gasteiger partial charge in [-0.3, -0.25) is 4.79 Å². The monoisotopic (exact) mass is 568 g/mol. The number of carbonyl (C=O) groups excluding carboxylic acids is 1. The molecule has 2 aliphatic carbocycles. The van der Waals surface area contributed by atoms with E-state index in [0.717, 1.165) is 75.2 Å². The van der Waals surface area contributed by atoms with E-state index in [9.17, 15) is 19.8 Å². The van der Waals surface area contributed by atoms with Gasteiger partial charge in [0.15, 0.2) is 5.60 Å². The van der Waals surface area contributed by atoms with Gasteiger partial charge in [0.1, 0.15) is 5.75 Å². The smallest absolute Gasteiger partial charge is 0.340 e. The highest BCUT2D eigenvalue weighted by molar-refractivity contribution is 6.31. The van der Waals surface area contributed by atoms with Gasteiger partial charge in [0.05, 0.1) is 18.7 Å². The summed E-state index contributed by atoms with van der Waals surface area (Å²) in [6.45, 7) is 4.65. The summed E-state index contributed by atoms with van der Waals surface area (Å²) in [5.41, 5.74) is -1.60. The number of halogens is 1. The minimum absolute atomic E-state index is 0.117. The molecule has 2 bridgehead atoms. The Kier molecular flexibility index (Phi) is 8.62. The topological polar surface area (TPSA) is 90.3 Å². The molecule has 216 valence electrons. The fourth-order valence-electron chi connectivity index (χ4n) is 6.13. The number of nitrogens with zero attached hydrogens (tertiary/aromatic N) is 2. The first kappa shape index (κ1) is 28.7. The second-order valence-corrected chi connectivity index (χ2v) is 12.5. The molecule has 0 spiro atoms. The van der Waals surface area contributed by atoms with E-state index >= 15 is 0 Å². The first-order valence-electron chi connectivity index (χ1n) is 14.7. The van der Waals surface area contributed by atoms with Crippen molar-refractivity contribution in [1.82, 2.24) is 4.90 Å². The van der Waals surface area contributed by atoms with Crippen LogP contribution in [0.5, 0.6) is 5.75 Å². The van der Waals surface area contributed by atoms with Crippen molar-refractivity contribution in [3.05, 3.63) is 59.2 Å². The van der Waals surface area contributed by atoms with Crippen LogP contribution >= 0.6 is 11.6 Å². The van der Waals surface area contributed by atoms with Crippen molar-refractivity contribution in [2.45, 2.75) is 76.4 Å². The second-order valence-electron chi connectivity index (χ2n) is 12.0. The normalized spacial score (nSPS) is 31.0. The zero-order valence-electron chi connectivity index (χ0n) is 23.4. The molecule has 40 heavy (non-hydrogen) atoms. The van der Waals surface area contributed by atoms with Crippen LogP contribution in [-0.4, -0.2) is 59.3 Å². The molecule has 2 aliphatic heterocycles. The standard InChI is InChI=1S/C32H41ClN2O5/c1-31-15-14-25(33)19-23(31)9-5-8-17-34-16-6-3-2-4-7-18-35(26-11-12-26)29(36)21-32(39,30(37)38)24-10-13-28(40-22-31)27(34)20-24/h4,7,10,13-15,19-20,23,26,39H,2-3,5-6,8-9,11-12,16-18,21-22H2,1H3,(H,37,38)/b7-4+/t23?,31?,32-/m0/s1. The lowest BCUT2D eigenvalue weighted by molar-refractivity contribution is -0.165.